The highest BCUT2D eigenvalue weighted by atomic mass is 19.4. The van der Waals surface area contributed by atoms with Gasteiger partial charge in [0.25, 0.3) is 0 Å². The number of hydrogen-bond donors (Lipinski definition) is 1. The van der Waals surface area contributed by atoms with E-state index in [4.69, 9.17) is 0 Å². The summed E-state index contributed by atoms with van der Waals surface area (Å²) < 4.78 is 40.8. The maximum absolute atomic E-state index is 13.1. The van der Waals surface area contributed by atoms with Gasteiger partial charge in [-0.3, -0.25) is 14.6 Å². The van der Waals surface area contributed by atoms with E-state index in [1.165, 1.54) is 23.0 Å². The largest absolute Gasteiger partial charge is 0.416 e. The zero-order valence-electron chi connectivity index (χ0n) is 14.6. The Balaban J connectivity index is 1.52. The number of halogens is 3. The third kappa shape index (κ3) is 3.53. The second-order valence-electron chi connectivity index (χ2n) is 6.42. The molecule has 0 spiro atoms. The molecule has 2 heterocycles. The number of nitrogens with one attached hydrogen (secondary N) is 1. The maximum atomic E-state index is 13.1. The number of ketones is 1. The molecule has 2 aromatic heterocycles. The van der Waals surface area contributed by atoms with Crippen LogP contribution in [0, 0.1) is 0 Å². The summed E-state index contributed by atoms with van der Waals surface area (Å²) in [6.45, 7) is -0.0325. The van der Waals surface area contributed by atoms with Crippen LogP contribution < -0.4 is 0 Å². The van der Waals surface area contributed by atoms with Gasteiger partial charge in [-0.15, -0.1) is 0 Å². The predicted molar refractivity (Wildman–Crippen MR) is 96.9 cm³/mol. The van der Waals surface area contributed by atoms with Gasteiger partial charge in [-0.2, -0.15) is 23.4 Å². The molecule has 0 fully saturated rings. The first-order valence-corrected chi connectivity index (χ1v) is 8.54. The molecule has 1 N–H and O–H groups in total. The quantitative estimate of drug-likeness (QED) is 0.523. The summed E-state index contributed by atoms with van der Waals surface area (Å²) in [7, 11) is 0. The molecular formula is C20H15F3N4O. The van der Waals surface area contributed by atoms with E-state index >= 15 is 0 Å². The van der Waals surface area contributed by atoms with Gasteiger partial charge in [0.15, 0.2) is 5.78 Å². The summed E-state index contributed by atoms with van der Waals surface area (Å²) in [5.74, 6) is -0.187. The van der Waals surface area contributed by atoms with Crippen LogP contribution >= 0.6 is 0 Å². The summed E-state index contributed by atoms with van der Waals surface area (Å²) in [5.41, 5.74) is 1.15. The summed E-state index contributed by atoms with van der Waals surface area (Å²) in [4.78, 5) is 12.6. The molecule has 4 rings (SSSR count). The molecule has 0 atom stereocenters. The number of benzene rings is 2. The molecule has 4 aromatic rings. The first-order chi connectivity index (χ1) is 13.4. The Bertz CT molecular complexity index is 1140. The molecule has 0 aliphatic carbocycles. The Morgan fingerprint density at radius 2 is 1.82 bits per heavy atom. The number of rotatable bonds is 5. The van der Waals surface area contributed by atoms with Gasteiger partial charge in [-0.25, -0.2) is 0 Å². The highest BCUT2D eigenvalue weighted by Gasteiger charge is 2.32. The number of Topliss-reactive ketones (excluding diaryl/α,β-unsaturated/α-hetero) is 1. The highest BCUT2D eigenvalue weighted by Crippen LogP contribution is 2.32. The molecule has 28 heavy (non-hydrogen) atoms. The first-order valence-electron chi connectivity index (χ1n) is 8.54. The summed E-state index contributed by atoms with van der Waals surface area (Å²) >= 11 is 0. The lowest BCUT2D eigenvalue weighted by atomic mass is 10.1. The van der Waals surface area contributed by atoms with Crippen molar-refractivity contribution in [1.29, 1.82) is 0 Å². The lowest BCUT2D eigenvalue weighted by molar-refractivity contribution is -0.138. The van der Waals surface area contributed by atoms with Crippen molar-refractivity contribution in [2.24, 2.45) is 0 Å². The average molecular weight is 384 g/mol. The van der Waals surface area contributed by atoms with Crippen LogP contribution in [-0.4, -0.2) is 25.8 Å². The Hall–Kier alpha value is -3.42. The molecule has 0 unspecified atom stereocenters. The van der Waals surface area contributed by atoms with E-state index < -0.39 is 11.7 Å². The Morgan fingerprint density at radius 1 is 1.07 bits per heavy atom. The molecule has 0 amide bonds. The van der Waals surface area contributed by atoms with Crippen LogP contribution in [0.2, 0.25) is 0 Å². The molecule has 2 aromatic carbocycles. The lowest BCUT2D eigenvalue weighted by Crippen LogP contribution is -2.11. The van der Waals surface area contributed by atoms with Crippen molar-refractivity contribution in [1.82, 2.24) is 20.0 Å². The minimum absolute atomic E-state index is 0.0325. The summed E-state index contributed by atoms with van der Waals surface area (Å²) in [6.07, 6.45) is -1.29. The normalized spacial score (nSPS) is 11.8. The SMILES string of the molecule is O=C(Cc1cnn(Cc2ccccc2C(F)(F)F)c1)c1n[nH]c2ccccc12. The monoisotopic (exact) mass is 384 g/mol. The number of alkyl halides is 3. The van der Waals surface area contributed by atoms with E-state index in [0.717, 1.165) is 17.0 Å². The Labute approximate surface area is 157 Å². The van der Waals surface area contributed by atoms with Gasteiger partial charge in [0.05, 0.1) is 23.8 Å². The van der Waals surface area contributed by atoms with E-state index in [0.29, 0.717) is 11.3 Å². The smallest absolute Gasteiger partial charge is 0.292 e. The van der Waals surface area contributed by atoms with Crippen molar-refractivity contribution < 1.29 is 18.0 Å². The predicted octanol–water partition coefficient (Wildman–Crippen LogP) is 4.25. The van der Waals surface area contributed by atoms with Crippen molar-refractivity contribution in [2.75, 3.05) is 0 Å². The topological polar surface area (TPSA) is 63.6 Å². The molecule has 0 bridgehead atoms. The fourth-order valence-corrected chi connectivity index (χ4v) is 3.14. The van der Waals surface area contributed by atoms with Gasteiger partial charge in [-0.1, -0.05) is 36.4 Å². The number of H-pyrrole nitrogens is 1. The molecule has 0 radical (unpaired) electrons. The van der Waals surface area contributed by atoms with Crippen molar-refractivity contribution in [2.45, 2.75) is 19.1 Å². The van der Waals surface area contributed by atoms with E-state index in [1.807, 2.05) is 24.3 Å². The Morgan fingerprint density at radius 3 is 2.64 bits per heavy atom. The molecule has 0 aliphatic heterocycles. The average Bonchev–Trinajstić information content (AvgIpc) is 3.28. The number of carbonyl (C=O) groups excluding carboxylic acids is 1. The van der Waals surface area contributed by atoms with E-state index in [-0.39, 0.29) is 24.3 Å². The van der Waals surface area contributed by atoms with Gasteiger partial charge in [0.1, 0.15) is 5.69 Å². The number of fused-ring (bicyclic) bond motifs is 1. The fraction of sp³-hybridized carbons (Fsp3) is 0.150. The minimum Gasteiger partial charge on any atom is -0.292 e. The second kappa shape index (κ2) is 6.95. The maximum Gasteiger partial charge on any atom is 0.416 e. The van der Waals surface area contributed by atoms with Crippen LogP contribution in [-0.2, 0) is 19.1 Å². The van der Waals surface area contributed by atoms with Gasteiger partial charge < -0.3 is 0 Å². The molecule has 5 nitrogen and oxygen atoms in total. The van der Waals surface area contributed by atoms with Crippen molar-refractivity contribution in [3.63, 3.8) is 0 Å². The van der Waals surface area contributed by atoms with Gasteiger partial charge in [0.2, 0.25) is 0 Å². The summed E-state index contributed by atoms with van der Waals surface area (Å²) in [6, 6.07) is 12.7. The van der Waals surface area contributed by atoms with Crippen molar-refractivity contribution in [3.8, 4) is 0 Å². The van der Waals surface area contributed by atoms with Crippen LogP contribution in [0.15, 0.2) is 60.9 Å². The first kappa shape index (κ1) is 18.0. The van der Waals surface area contributed by atoms with E-state index in [2.05, 4.69) is 15.3 Å². The fourth-order valence-electron chi connectivity index (χ4n) is 3.14. The number of nitrogens with zero attached hydrogens (tertiary/aromatic N) is 3. The molecule has 0 saturated carbocycles. The molecule has 0 saturated heterocycles. The molecule has 0 aliphatic rings. The zero-order valence-corrected chi connectivity index (χ0v) is 14.6. The van der Waals surface area contributed by atoms with Crippen molar-refractivity contribution in [3.05, 3.63) is 83.3 Å². The lowest BCUT2D eigenvalue weighted by Gasteiger charge is -2.12. The zero-order chi connectivity index (χ0) is 19.7. The van der Waals surface area contributed by atoms with Crippen molar-refractivity contribution >= 4 is 16.7 Å². The molecule has 8 heteroatoms. The number of carbonyl (C=O) groups is 1. The third-order valence-corrected chi connectivity index (χ3v) is 4.44. The number of aromatic nitrogens is 4. The Kier molecular flexibility index (Phi) is 4.46. The number of hydrogen-bond acceptors (Lipinski definition) is 3. The highest BCUT2D eigenvalue weighted by molar-refractivity contribution is 6.06. The minimum atomic E-state index is -4.43. The van der Waals surface area contributed by atoms with Gasteiger partial charge in [0, 0.05) is 18.0 Å². The molecule has 142 valence electrons. The van der Waals surface area contributed by atoms with Crippen LogP contribution in [0.1, 0.15) is 27.2 Å². The number of para-hydroxylation sites is 1. The van der Waals surface area contributed by atoms with Gasteiger partial charge >= 0.3 is 6.18 Å². The van der Waals surface area contributed by atoms with Crippen LogP contribution in [0.5, 0.6) is 0 Å². The van der Waals surface area contributed by atoms with Crippen LogP contribution in [0.3, 0.4) is 0 Å². The van der Waals surface area contributed by atoms with E-state index in [1.54, 1.807) is 12.3 Å². The number of aromatic amines is 1. The van der Waals surface area contributed by atoms with Gasteiger partial charge in [-0.05, 0) is 23.3 Å². The van der Waals surface area contributed by atoms with E-state index in [9.17, 15) is 18.0 Å². The third-order valence-electron chi connectivity index (χ3n) is 4.44. The standard InChI is InChI=1S/C20H15F3N4O/c21-20(22,23)16-7-3-1-5-14(16)12-27-11-13(10-24-27)9-18(28)19-15-6-2-4-8-17(15)25-26-19/h1-8,10-11H,9,12H2,(H,25,26). The van der Waals surface area contributed by atoms with Crippen LogP contribution in [0.25, 0.3) is 10.9 Å². The van der Waals surface area contributed by atoms with Crippen LogP contribution in [0.4, 0.5) is 13.2 Å². The second-order valence-corrected chi connectivity index (χ2v) is 6.42. The summed E-state index contributed by atoms with van der Waals surface area (Å²) in [5, 5.41) is 11.7. The molecular weight excluding hydrogens is 369 g/mol.